The van der Waals surface area contributed by atoms with Crippen molar-refractivity contribution in [3.05, 3.63) is 46.8 Å². The molecule has 1 fully saturated rings. The zero-order valence-electron chi connectivity index (χ0n) is 19.0. The minimum absolute atomic E-state index is 0.0450. The normalized spacial score (nSPS) is 19.4. The first-order chi connectivity index (χ1) is 15.8. The van der Waals surface area contributed by atoms with E-state index in [1.54, 1.807) is 0 Å². The summed E-state index contributed by atoms with van der Waals surface area (Å²) in [4.78, 5) is 34.9. The number of hydrogen-bond donors (Lipinski definition) is 1. The number of esters is 2. The number of carbonyl (C=O) groups is 3. The average molecular weight is 453 g/mol. The van der Waals surface area contributed by atoms with Crippen LogP contribution in [0.1, 0.15) is 73.4 Å². The monoisotopic (exact) mass is 452 g/mol. The van der Waals surface area contributed by atoms with E-state index < -0.39 is 24.0 Å². The maximum atomic E-state index is 12.0. The molecule has 1 heterocycles. The van der Waals surface area contributed by atoms with Crippen molar-refractivity contribution < 1.29 is 23.9 Å². The van der Waals surface area contributed by atoms with Crippen LogP contribution < -0.4 is 5.73 Å². The predicted molar refractivity (Wildman–Crippen MR) is 119 cm³/mol. The Balaban J connectivity index is 1.93. The molecule has 0 saturated heterocycles. The number of amides is 1. The van der Waals surface area contributed by atoms with Gasteiger partial charge in [-0.25, -0.2) is 4.68 Å². The lowest BCUT2D eigenvalue weighted by Gasteiger charge is -2.19. The van der Waals surface area contributed by atoms with Gasteiger partial charge in [0.2, 0.25) is 0 Å². The minimum atomic E-state index is -0.748. The number of primary amides is 1. The fourth-order valence-corrected chi connectivity index (χ4v) is 4.03. The van der Waals surface area contributed by atoms with Crippen LogP contribution in [0.25, 0.3) is 0 Å². The lowest BCUT2D eigenvalue weighted by atomic mass is 10.1. The lowest BCUT2D eigenvalue weighted by Crippen LogP contribution is -2.26. The smallest absolute Gasteiger partial charge is 0.302 e. The zero-order valence-corrected chi connectivity index (χ0v) is 19.0. The third kappa shape index (κ3) is 6.19. The quantitative estimate of drug-likeness (QED) is 0.504. The average Bonchev–Trinajstić information content (AvgIpc) is 3.35. The van der Waals surface area contributed by atoms with E-state index in [0.717, 1.165) is 18.4 Å². The molecule has 174 valence electrons. The molecule has 9 nitrogen and oxygen atoms in total. The van der Waals surface area contributed by atoms with Gasteiger partial charge in [-0.05, 0) is 48.8 Å². The van der Waals surface area contributed by atoms with Crippen LogP contribution in [0, 0.1) is 17.8 Å². The number of nitrogens with zero attached hydrogens (tertiary/aromatic N) is 3. The van der Waals surface area contributed by atoms with E-state index in [4.69, 9.17) is 15.2 Å². The van der Waals surface area contributed by atoms with Crippen LogP contribution in [0.15, 0.2) is 24.3 Å². The van der Waals surface area contributed by atoms with Crippen molar-refractivity contribution in [3.8, 4) is 11.8 Å². The Morgan fingerprint density at radius 2 is 1.85 bits per heavy atom. The highest BCUT2D eigenvalue weighted by Gasteiger charge is 2.40. The maximum Gasteiger partial charge on any atom is 0.302 e. The summed E-state index contributed by atoms with van der Waals surface area (Å²) in [5.74, 6) is 4.43. The van der Waals surface area contributed by atoms with Crippen LogP contribution in [-0.4, -0.2) is 45.6 Å². The largest absolute Gasteiger partial charge is 0.466 e. The third-order valence-electron chi connectivity index (χ3n) is 5.47. The number of aromatic nitrogens is 3. The van der Waals surface area contributed by atoms with E-state index in [1.165, 1.54) is 24.1 Å². The van der Waals surface area contributed by atoms with Crippen LogP contribution in [0.3, 0.4) is 0 Å². The number of aryl methyl sites for hydroxylation is 1. The van der Waals surface area contributed by atoms with Crippen molar-refractivity contribution in [1.29, 1.82) is 0 Å². The van der Waals surface area contributed by atoms with E-state index in [9.17, 15) is 14.4 Å². The van der Waals surface area contributed by atoms with Crippen molar-refractivity contribution >= 4 is 17.8 Å². The molecule has 0 bridgehead atoms. The summed E-state index contributed by atoms with van der Waals surface area (Å²) in [5, 5.41) is 8.06. The second kappa shape index (κ2) is 10.8. The van der Waals surface area contributed by atoms with Crippen molar-refractivity contribution in [2.45, 2.75) is 58.6 Å². The first-order valence-electron chi connectivity index (χ1n) is 10.9. The molecule has 3 atom stereocenters. The predicted octanol–water partition coefficient (Wildman–Crippen LogP) is 2.18. The van der Waals surface area contributed by atoms with E-state index in [2.05, 4.69) is 29.1 Å². The van der Waals surface area contributed by atoms with E-state index in [0.29, 0.717) is 12.8 Å². The molecule has 1 amide bonds. The minimum Gasteiger partial charge on any atom is -0.466 e. The molecule has 0 aliphatic heterocycles. The molecule has 1 saturated carbocycles. The first-order valence-corrected chi connectivity index (χ1v) is 10.9. The van der Waals surface area contributed by atoms with Gasteiger partial charge in [0.1, 0.15) is 11.8 Å². The second-order valence-corrected chi connectivity index (χ2v) is 8.15. The van der Waals surface area contributed by atoms with Gasteiger partial charge in [-0.3, -0.25) is 14.4 Å². The van der Waals surface area contributed by atoms with Gasteiger partial charge in [-0.1, -0.05) is 36.6 Å². The maximum absolute atomic E-state index is 12.0. The Morgan fingerprint density at radius 1 is 1.12 bits per heavy atom. The van der Waals surface area contributed by atoms with Gasteiger partial charge in [-0.15, -0.1) is 5.10 Å². The molecular formula is C24H28N4O5. The van der Waals surface area contributed by atoms with Crippen molar-refractivity contribution in [3.63, 3.8) is 0 Å². The molecule has 1 aliphatic carbocycles. The number of nitrogens with two attached hydrogens (primary N) is 1. The summed E-state index contributed by atoms with van der Waals surface area (Å²) >= 11 is 0. The molecular weight excluding hydrogens is 424 g/mol. The van der Waals surface area contributed by atoms with Crippen molar-refractivity contribution in [2.24, 2.45) is 11.7 Å². The highest BCUT2D eigenvalue weighted by atomic mass is 16.5. The molecule has 9 heteroatoms. The van der Waals surface area contributed by atoms with Gasteiger partial charge in [0.15, 0.2) is 5.69 Å². The number of benzene rings is 1. The van der Waals surface area contributed by atoms with Crippen molar-refractivity contribution in [1.82, 2.24) is 15.0 Å². The zero-order chi connectivity index (χ0) is 24.0. The van der Waals surface area contributed by atoms with Gasteiger partial charge in [0.25, 0.3) is 5.91 Å². The second-order valence-electron chi connectivity index (χ2n) is 8.15. The summed E-state index contributed by atoms with van der Waals surface area (Å²) < 4.78 is 12.1. The topological polar surface area (TPSA) is 126 Å². The summed E-state index contributed by atoms with van der Waals surface area (Å²) in [6.45, 7) is 4.99. The van der Waals surface area contributed by atoms with E-state index >= 15 is 0 Å². The molecule has 2 aromatic rings. The SMILES string of the molecule is CCCc1ccc(C#Cc2c(C(N)=O)nnn2[C@H]2C[C@@H](COC(C)=O)C[C@@H]2OC(C)=O)cc1. The van der Waals surface area contributed by atoms with E-state index in [-0.39, 0.29) is 29.9 Å². The molecule has 0 radical (unpaired) electrons. The van der Waals surface area contributed by atoms with Crippen LogP contribution in [0.5, 0.6) is 0 Å². The van der Waals surface area contributed by atoms with E-state index in [1.807, 2.05) is 24.3 Å². The number of hydrogen-bond acceptors (Lipinski definition) is 7. The van der Waals surface area contributed by atoms with Gasteiger partial charge in [-0.2, -0.15) is 0 Å². The molecule has 1 aromatic heterocycles. The van der Waals surface area contributed by atoms with Gasteiger partial charge >= 0.3 is 11.9 Å². The van der Waals surface area contributed by atoms with Crippen LogP contribution in [-0.2, 0) is 25.5 Å². The van der Waals surface area contributed by atoms with Crippen molar-refractivity contribution in [2.75, 3.05) is 6.61 Å². The lowest BCUT2D eigenvalue weighted by molar-refractivity contribution is -0.148. The number of rotatable bonds is 7. The van der Waals surface area contributed by atoms with Gasteiger partial charge in [0, 0.05) is 19.4 Å². The Hall–Kier alpha value is -3.67. The van der Waals surface area contributed by atoms with Crippen LogP contribution >= 0.6 is 0 Å². The Bertz CT molecular complexity index is 1080. The standard InChI is InChI=1S/C24H28N4O5/c1-4-5-17-6-8-18(9-7-17)10-11-20-23(24(25)31)26-27-28(20)21-12-19(14-32-15(2)29)13-22(21)33-16(3)30/h6-9,19,21-22H,4-5,12-14H2,1-3H3,(H2,25,31)/t19-,21+,22+/m1/s1. The summed E-state index contributed by atoms with van der Waals surface area (Å²) in [6, 6.07) is 7.45. The first kappa shape index (κ1) is 24.0. The Morgan fingerprint density at radius 3 is 2.45 bits per heavy atom. The highest BCUT2D eigenvalue weighted by Crippen LogP contribution is 2.37. The van der Waals surface area contributed by atoms with Gasteiger partial charge < -0.3 is 15.2 Å². The number of carbonyl (C=O) groups excluding carboxylic acids is 3. The van der Waals surface area contributed by atoms with Gasteiger partial charge in [0.05, 0.1) is 12.6 Å². The summed E-state index contributed by atoms with van der Waals surface area (Å²) in [7, 11) is 0. The molecule has 0 unspecified atom stereocenters. The fourth-order valence-electron chi connectivity index (χ4n) is 4.03. The highest BCUT2D eigenvalue weighted by molar-refractivity contribution is 5.92. The molecule has 1 aliphatic rings. The summed E-state index contributed by atoms with van der Waals surface area (Å²) in [6.07, 6.45) is 2.51. The van der Waals surface area contributed by atoms with Crippen LogP contribution in [0.4, 0.5) is 0 Å². The molecule has 2 N–H and O–H groups in total. The molecule has 33 heavy (non-hydrogen) atoms. The summed E-state index contributed by atoms with van der Waals surface area (Å²) in [5.41, 5.74) is 7.72. The Labute approximate surface area is 192 Å². The molecule has 0 spiro atoms. The fraction of sp³-hybridized carbons (Fsp3) is 0.458. The molecule has 1 aromatic carbocycles. The Kier molecular flexibility index (Phi) is 7.83. The third-order valence-corrected chi connectivity index (χ3v) is 5.47. The molecule has 3 rings (SSSR count). The van der Waals surface area contributed by atoms with Crippen LogP contribution in [0.2, 0.25) is 0 Å². The number of ether oxygens (including phenoxy) is 2.